The van der Waals surface area contributed by atoms with Crippen LogP contribution in [0.15, 0.2) is 54.6 Å². The summed E-state index contributed by atoms with van der Waals surface area (Å²) in [5, 5.41) is 2.42. The molecule has 26 heavy (non-hydrogen) atoms. The Hall–Kier alpha value is -3.09. The summed E-state index contributed by atoms with van der Waals surface area (Å²) in [6.07, 6.45) is 0.480. The Morgan fingerprint density at radius 2 is 1.58 bits per heavy atom. The van der Waals surface area contributed by atoms with Crippen LogP contribution in [0.5, 0.6) is 11.5 Å². The van der Waals surface area contributed by atoms with E-state index in [2.05, 4.69) is 5.32 Å². The monoisotopic (exact) mass is 361 g/mol. The van der Waals surface area contributed by atoms with Crippen LogP contribution in [0.1, 0.15) is 6.42 Å². The molecule has 0 unspecified atom stereocenters. The molecule has 1 N–H and O–H groups in total. The first-order valence-electron chi connectivity index (χ1n) is 8.12. The van der Waals surface area contributed by atoms with Gasteiger partial charge in [0.2, 0.25) is 0 Å². The SMILES string of the molecule is O=C(COc1ccccc1)NCC(=O)OCCCOc1ccc(F)cc1. The van der Waals surface area contributed by atoms with Gasteiger partial charge in [-0.3, -0.25) is 9.59 Å². The van der Waals surface area contributed by atoms with Gasteiger partial charge in [-0.1, -0.05) is 18.2 Å². The molecule has 0 saturated heterocycles. The summed E-state index contributed by atoms with van der Waals surface area (Å²) in [5.74, 6) is -0.164. The summed E-state index contributed by atoms with van der Waals surface area (Å²) in [7, 11) is 0. The zero-order chi connectivity index (χ0) is 18.6. The molecule has 0 aliphatic rings. The van der Waals surface area contributed by atoms with Crippen LogP contribution in [-0.2, 0) is 14.3 Å². The van der Waals surface area contributed by atoms with Crippen LogP contribution < -0.4 is 14.8 Å². The summed E-state index contributed by atoms with van der Waals surface area (Å²) in [6, 6.07) is 14.6. The van der Waals surface area contributed by atoms with Crippen molar-refractivity contribution in [3.8, 4) is 11.5 Å². The summed E-state index contributed by atoms with van der Waals surface area (Å²) in [5.41, 5.74) is 0. The number of benzene rings is 2. The van der Waals surface area contributed by atoms with Crippen molar-refractivity contribution < 1.29 is 28.2 Å². The predicted molar refractivity (Wildman–Crippen MR) is 92.4 cm³/mol. The van der Waals surface area contributed by atoms with Crippen LogP contribution in [0.4, 0.5) is 4.39 Å². The molecule has 0 bridgehead atoms. The molecule has 0 aliphatic heterocycles. The number of nitrogens with one attached hydrogen (secondary N) is 1. The van der Waals surface area contributed by atoms with Crippen molar-refractivity contribution in [2.24, 2.45) is 0 Å². The van der Waals surface area contributed by atoms with E-state index in [1.165, 1.54) is 24.3 Å². The quantitative estimate of drug-likeness (QED) is 0.519. The van der Waals surface area contributed by atoms with E-state index in [9.17, 15) is 14.0 Å². The zero-order valence-electron chi connectivity index (χ0n) is 14.2. The van der Waals surface area contributed by atoms with E-state index in [1.54, 1.807) is 24.3 Å². The second-order valence-electron chi connectivity index (χ2n) is 5.25. The second kappa shape index (κ2) is 10.7. The molecule has 2 rings (SSSR count). The first kappa shape index (κ1) is 19.2. The number of esters is 1. The number of ether oxygens (including phenoxy) is 3. The highest BCUT2D eigenvalue weighted by molar-refractivity contribution is 5.82. The lowest BCUT2D eigenvalue weighted by atomic mass is 10.3. The Kier molecular flexibility index (Phi) is 7.92. The third-order valence-corrected chi connectivity index (χ3v) is 3.18. The van der Waals surface area contributed by atoms with E-state index in [0.29, 0.717) is 24.5 Å². The molecule has 1 amide bonds. The van der Waals surface area contributed by atoms with Gasteiger partial charge in [-0.25, -0.2) is 4.39 Å². The van der Waals surface area contributed by atoms with Crippen molar-refractivity contribution >= 4 is 11.9 Å². The van der Waals surface area contributed by atoms with Gasteiger partial charge in [-0.2, -0.15) is 0 Å². The minimum atomic E-state index is -0.542. The molecular weight excluding hydrogens is 341 g/mol. The zero-order valence-corrected chi connectivity index (χ0v) is 14.2. The minimum absolute atomic E-state index is 0.163. The van der Waals surface area contributed by atoms with Crippen LogP contribution in [-0.4, -0.2) is 38.2 Å². The molecule has 0 aliphatic carbocycles. The lowest BCUT2D eigenvalue weighted by Gasteiger charge is -2.08. The first-order valence-corrected chi connectivity index (χ1v) is 8.12. The minimum Gasteiger partial charge on any atom is -0.493 e. The number of para-hydroxylation sites is 1. The van der Waals surface area contributed by atoms with Gasteiger partial charge in [0, 0.05) is 6.42 Å². The van der Waals surface area contributed by atoms with Crippen molar-refractivity contribution in [2.75, 3.05) is 26.4 Å². The molecule has 2 aromatic carbocycles. The third kappa shape index (κ3) is 7.65. The van der Waals surface area contributed by atoms with Crippen LogP contribution in [0, 0.1) is 5.82 Å². The van der Waals surface area contributed by atoms with Gasteiger partial charge in [0.25, 0.3) is 5.91 Å². The van der Waals surface area contributed by atoms with Crippen molar-refractivity contribution in [1.29, 1.82) is 0 Å². The molecule has 0 aromatic heterocycles. The largest absolute Gasteiger partial charge is 0.493 e. The topological polar surface area (TPSA) is 73.9 Å². The maximum Gasteiger partial charge on any atom is 0.325 e. The van der Waals surface area contributed by atoms with Crippen molar-refractivity contribution in [3.63, 3.8) is 0 Å². The fraction of sp³-hybridized carbons (Fsp3) is 0.263. The fourth-order valence-electron chi connectivity index (χ4n) is 1.90. The van der Waals surface area contributed by atoms with E-state index in [-0.39, 0.29) is 25.6 Å². The van der Waals surface area contributed by atoms with Gasteiger partial charge < -0.3 is 19.5 Å². The van der Waals surface area contributed by atoms with Crippen molar-refractivity contribution in [1.82, 2.24) is 5.32 Å². The van der Waals surface area contributed by atoms with E-state index < -0.39 is 11.9 Å². The van der Waals surface area contributed by atoms with E-state index in [4.69, 9.17) is 14.2 Å². The van der Waals surface area contributed by atoms with Crippen molar-refractivity contribution in [2.45, 2.75) is 6.42 Å². The fourth-order valence-corrected chi connectivity index (χ4v) is 1.90. The van der Waals surface area contributed by atoms with Gasteiger partial charge in [-0.15, -0.1) is 0 Å². The maximum atomic E-state index is 12.7. The molecule has 0 fully saturated rings. The Labute approximate surface area is 150 Å². The number of halogens is 1. The Morgan fingerprint density at radius 1 is 0.885 bits per heavy atom. The number of hydrogen-bond acceptors (Lipinski definition) is 5. The number of rotatable bonds is 10. The summed E-state index contributed by atoms with van der Waals surface area (Å²) < 4.78 is 28.3. The molecule has 138 valence electrons. The van der Waals surface area contributed by atoms with Crippen LogP contribution in [0.2, 0.25) is 0 Å². The number of carbonyl (C=O) groups excluding carboxylic acids is 2. The van der Waals surface area contributed by atoms with Gasteiger partial charge >= 0.3 is 5.97 Å². The third-order valence-electron chi connectivity index (χ3n) is 3.18. The summed E-state index contributed by atoms with van der Waals surface area (Å²) >= 11 is 0. The molecule has 2 aromatic rings. The van der Waals surface area contributed by atoms with E-state index in [0.717, 1.165) is 0 Å². The molecule has 7 heteroatoms. The lowest BCUT2D eigenvalue weighted by molar-refractivity contribution is -0.144. The molecule has 0 atom stereocenters. The van der Waals surface area contributed by atoms with E-state index in [1.807, 2.05) is 6.07 Å². The predicted octanol–water partition coefficient (Wildman–Crippen LogP) is 2.33. The molecule has 0 spiro atoms. The number of hydrogen-bond donors (Lipinski definition) is 1. The normalized spacial score (nSPS) is 10.0. The molecular formula is C19H20FNO5. The first-order chi connectivity index (χ1) is 12.6. The molecule has 6 nitrogen and oxygen atoms in total. The molecule has 0 saturated carbocycles. The van der Waals surface area contributed by atoms with Gasteiger partial charge in [0.15, 0.2) is 6.61 Å². The highest BCUT2D eigenvalue weighted by atomic mass is 19.1. The van der Waals surface area contributed by atoms with E-state index >= 15 is 0 Å². The molecule has 0 radical (unpaired) electrons. The van der Waals surface area contributed by atoms with Gasteiger partial charge in [-0.05, 0) is 36.4 Å². The average molecular weight is 361 g/mol. The lowest BCUT2D eigenvalue weighted by Crippen LogP contribution is -2.34. The highest BCUT2D eigenvalue weighted by Gasteiger charge is 2.07. The Bertz CT molecular complexity index is 691. The number of carbonyl (C=O) groups is 2. The maximum absolute atomic E-state index is 12.7. The Morgan fingerprint density at radius 3 is 2.31 bits per heavy atom. The highest BCUT2D eigenvalue weighted by Crippen LogP contribution is 2.11. The molecule has 0 heterocycles. The van der Waals surface area contributed by atoms with Gasteiger partial charge in [0.1, 0.15) is 23.9 Å². The summed E-state index contributed by atoms with van der Waals surface area (Å²) in [6.45, 7) is 0.0885. The summed E-state index contributed by atoms with van der Waals surface area (Å²) in [4.78, 5) is 23.1. The smallest absolute Gasteiger partial charge is 0.325 e. The van der Waals surface area contributed by atoms with Crippen LogP contribution >= 0.6 is 0 Å². The standard InChI is InChI=1S/C19H20FNO5/c20-15-7-9-17(10-8-15)24-11-4-12-25-19(23)13-21-18(22)14-26-16-5-2-1-3-6-16/h1-3,5-10H,4,11-14H2,(H,21,22). The van der Waals surface area contributed by atoms with Crippen molar-refractivity contribution in [3.05, 3.63) is 60.4 Å². The van der Waals surface area contributed by atoms with Crippen LogP contribution in [0.25, 0.3) is 0 Å². The average Bonchev–Trinajstić information content (AvgIpc) is 2.66. The van der Waals surface area contributed by atoms with Crippen LogP contribution in [0.3, 0.4) is 0 Å². The Balaban J connectivity index is 1.50. The second-order valence-corrected chi connectivity index (χ2v) is 5.25. The van der Waals surface area contributed by atoms with Gasteiger partial charge in [0.05, 0.1) is 13.2 Å². The number of amides is 1.